The molecule has 0 aliphatic carbocycles. The first-order valence-corrected chi connectivity index (χ1v) is 10.6. The molecule has 2 atom stereocenters. The molecule has 6 heteroatoms. The van der Waals surface area contributed by atoms with Crippen LogP contribution in [0.1, 0.15) is 34.1 Å². The summed E-state index contributed by atoms with van der Waals surface area (Å²) in [6.45, 7) is 15.8. The summed E-state index contributed by atoms with van der Waals surface area (Å²) in [5, 5.41) is 4.53. The van der Waals surface area contributed by atoms with Gasteiger partial charge in [-0.25, -0.2) is 13.6 Å². The highest BCUT2D eigenvalue weighted by molar-refractivity contribution is 7.89. The smallest absolute Gasteiger partial charge is 0.214 e. The van der Waals surface area contributed by atoms with Crippen LogP contribution in [0.5, 0.6) is 0 Å². The van der Waals surface area contributed by atoms with E-state index in [0.717, 1.165) is 0 Å². The second-order valence-electron chi connectivity index (χ2n) is 6.24. The molecule has 0 aromatic carbocycles. The molecule has 0 saturated carbocycles. The Kier molecular flexibility index (Phi) is 5.80. The van der Waals surface area contributed by atoms with Gasteiger partial charge in [0.15, 0.2) is 8.32 Å². The van der Waals surface area contributed by atoms with E-state index in [1.807, 2.05) is 0 Å². The van der Waals surface area contributed by atoms with E-state index >= 15 is 0 Å². The summed E-state index contributed by atoms with van der Waals surface area (Å²) in [5.74, 6) is 0. The SMILES string of the molecule is C=CC[C@H](O[Si](C)(C)C(C)(C)C)[C@H](C)S(N)(=O)=O. The third-order valence-electron chi connectivity index (χ3n) is 3.69. The minimum Gasteiger partial charge on any atom is -0.412 e. The predicted molar refractivity (Wildman–Crippen MR) is 79.5 cm³/mol. The molecular formula is C12H27NO3SSi. The topological polar surface area (TPSA) is 69.4 Å². The summed E-state index contributed by atoms with van der Waals surface area (Å²) in [6, 6.07) is 0. The fraction of sp³-hybridized carbons (Fsp3) is 0.833. The van der Waals surface area contributed by atoms with E-state index in [9.17, 15) is 8.42 Å². The second-order valence-corrected chi connectivity index (χ2v) is 12.9. The number of hydrogen-bond acceptors (Lipinski definition) is 3. The van der Waals surface area contributed by atoms with Gasteiger partial charge in [0.05, 0.1) is 11.4 Å². The van der Waals surface area contributed by atoms with Gasteiger partial charge in [0.2, 0.25) is 10.0 Å². The fourth-order valence-corrected chi connectivity index (χ4v) is 3.37. The zero-order valence-electron chi connectivity index (χ0n) is 12.4. The van der Waals surface area contributed by atoms with Crippen molar-refractivity contribution >= 4 is 18.3 Å². The lowest BCUT2D eigenvalue weighted by Crippen LogP contribution is -2.48. The van der Waals surface area contributed by atoms with Crippen LogP contribution < -0.4 is 5.14 Å². The highest BCUT2D eigenvalue weighted by atomic mass is 32.2. The average Bonchev–Trinajstić information content (AvgIpc) is 2.12. The Morgan fingerprint density at radius 3 is 2.11 bits per heavy atom. The van der Waals surface area contributed by atoms with Gasteiger partial charge in [-0.1, -0.05) is 26.8 Å². The van der Waals surface area contributed by atoms with Crippen LogP contribution in [0, 0.1) is 0 Å². The Balaban J connectivity index is 5.12. The summed E-state index contributed by atoms with van der Waals surface area (Å²) >= 11 is 0. The van der Waals surface area contributed by atoms with Gasteiger partial charge in [-0.05, 0) is 31.5 Å². The largest absolute Gasteiger partial charge is 0.412 e. The van der Waals surface area contributed by atoms with Crippen LogP contribution >= 0.6 is 0 Å². The molecule has 4 nitrogen and oxygen atoms in total. The first-order valence-electron chi connectivity index (χ1n) is 6.13. The average molecular weight is 294 g/mol. The van der Waals surface area contributed by atoms with Crippen molar-refractivity contribution in [3.63, 3.8) is 0 Å². The molecule has 0 aromatic heterocycles. The van der Waals surface area contributed by atoms with Crippen LogP contribution in [0.15, 0.2) is 12.7 Å². The molecule has 108 valence electrons. The van der Waals surface area contributed by atoms with Crippen molar-refractivity contribution in [1.29, 1.82) is 0 Å². The highest BCUT2D eigenvalue weighted by Crippen LogP contribution is 2.38. The summed E-state index contributed by atoms with van der Waals surface area (Å²) in [6.07, 6.45) is 1.75. The van der Waals surface area contributed by atoms with Crippen LogP contribution in [0.2, 0.25) is 18.1 Å². The van der Waals surface area contributed by atoms with Crippen LogP contribution in [0.3, 0.4) is 0 Å². The lowest BCUT2D eigenvalue weighted by molar-refractivity contribution is 0.181. The maximum Gasteiger partial charge on any atom is 0.214 e. The summed E-state index contributed by atoms with van der Waals surface area (Å²) in [5.41, 5.74) is 0. The van der Waals surface area contributed by atoms with Crippen LogP contribution in [0.4, 0.5) is 0 Å². The molecule has 0 aliphatic heterocycles. The molecule has 0 bridgehead atoms. The van der Waals surface area contributed by atoms with E-state index in [1.165, 1.54) is 0 Å². The second kappa shape index (κ2) is 5.86. The summed E-state index contributed by atoms with van der Waals surface area (Å²) in [4.78, 5) is 0. The Labute approximate surface area is 113 Å². The van der Waals surface area contributed by atoms with Gasteiger partial charge in [0, 0.05) is 0 Å². The van der Waals surface area contributed by atoms with Crippen LogP contribution in [-0.4, -0.2) is 28.1 Å². The molecule has 0 unspecified atom stereocenters. The van der Waals surface area contributed by atoms with Gasteiger partial charge in [0.1, 0.15) is 0 Å². The van der Waals surface area contributed by atoms with E-state index in [2.05, 4.69) is 40.4 Å². The molecule has 0 aliphatic rings. The van der Waals surface area contributed by atoms with Gasteiger partial charge in [-0.15, -0.1) is 6.58 Å². The summed E-state index contributed by atoms with van der Waals surface area (Å²) in [7, 11) is -5.61. The molecule has 0 saturated heterocycles. The van der Waals surface area contributed by atoms with E-state index in [0.29, 0.717) is 6.42 Å². The quantitative estimate of drug-likeness (QED) is 0.604. The van der Waals surface area contributed by atoms with Gasteiger partial charge >= 0.3 is 0 Å². The molecule has 0 aromatic rings. The lowest BCUT2D eigenvalue weighted by Gasteiger charge is -2.40. The van der Waals surface area contributed by atoms with Gasteiger partial charge < -0.3 is 4.43 Å². The van der Waals surface area contributed by atoms with Crippen LogP contribution in [-0.2, 0) is 14.4 Å². The molecule has 0 rings (SSSR count). The first kappa shape index (κ1) is 17.8. The predicted octanol–water partition coefficient (Wildman–Crippen LogP) is 2.63. The third-order valence-corrected chi connectivity index (χ3v) is 9.54. The number of sulfonamides is 1. The van der Waals surface area contributed by atoms with Crippen molar-refractivity contribution in [2.24, 2.45) is 5.14 Å². The van der Waals surface area contributed by atoms with E-state index < -0.39 is 29.7 Å². The van der Waals surface area contributed by atoms with Crippen molar-refractivity contribution in [2.45, 2.75) is 63.6 Å². The maximum atomic E-state index is 11.5. The molecule has 18 heavy (non-hydrogen) atoms. The van der Waals surface area contributed by atoms with E-state index in [-0.39, 0.29) is 5.04 Å². The van der Waals surface area contributed by atoms with Crippen molar-refractivity contribution in [2.75, 3.05) is 0 Å². The number of rotatable bonds is 6. The number of nitrogens with two attached hydrogens (primary N) is 1. The van der Waals surface area contributed by atoms with Crippen molar-refractivity contribution < 1.29 is 12.8 Å². The number of primary sulfonamides is 1. The first-order chi connectivity index (χ1) is 7.83. The third kappa shape index (κ3) is 4.83. The summed E-state index contributed by atoms with van der Waals surface area (Å²) < 4.78 is 29.1. The molecule has 0 heterocycles. The molecule has 0 amide bonds. The maximum absolute atomic E-state index is 11.5. The minimum atomic E-state index is -3.59. The zero-order chi connectivity index (χ0) is 14.8. The van der Waals surface area contributed by atoms with Gasteiger partial charge in [-0.3, -0.25) is 0 Å². The van der Waals surface area contributed by atoms with E-state index in [1.54, 1.807) is 13.0 Å². The molecular weight excluding hydrogens is 266 g/mol. The van der Waals surface area contributed by atoms with Crippen LogP contribution in [0.25, 0.3) is 0 Å². The lowest BCUT2D eigenvalue weighted by atomic mass is 10.2. The Morgan fingerprint density at radius 1 is 1.39 bits per heavy atom. The highest BCUT2D eigenvalue weighted by Gasteiger charge is 2.41. The monoisotopic (exact) mass is 293 g/mol. The van der Waals surface area contributed by atoms with Crippen molar-refractivity contribution in [1.82, 2.24) is 0 Å². The van der Waals surface area contributed by atoms with Gasteiger partial charge in [-0.2, -0.15) is 0 Å². The Morgan fingerprint density at radius 2 is 1.83 bits per heavy atom. The Bertz CT molecular complexity index is 385. The molecule has 0 radical (unpaired) electrons. The molecule has 0 fully saturated rings. The molecule has 0 spiro atoms. The Hall–Kier alpha value is -0.173. The van der Waals surface area contributed by atoms with E-state index in [4.69, 9.17) is 9.56 Å². The van der Waals surface area contributed by atoms with Crippen molar-refractivity contribution in [3.05, 3.63) is 12.7 Å². The minimum absolute atomic E-state index is 0.0322. The van der Waals surface area contributed by atoms with Gasteiger partial charge in [0.25, 0.3) is 0 Å². The number of hydrogen-bond donors (Lipinski definition) is 1. The van der Waals surface area contributed by atoms with Crippen molar-refractivity contribution in [3.8, 4) is 0 Å². The molecule has 2 N–H and O–H groups in total. The zero-order valence-corrected chi connectivity index (χ0v) is 14.2. The normalized spacial score (nSPS) is 17.3. The standard InChI is InChI=1S/C12H27NO3SSi/c1-8-9-11(10(2)17(13,14)15)16-18(6,7)12(3,4)5/h8,10-11H,1,9H2,2-7H3,(H2,13,14,15)/t10-,11-/m0/s1. The fourth-order valence-electron chi connectivity index (χ4n) is 1.27.